The number of carbonyl (C=O) groups is 3. The lowest BCUT2D eigenvalue weighted by molar-refractivity contribution is -0.127. The number of rotatable bonds is 4. The van der Waals surface area contributed by atoms with Crippen LogP contribution in [0.15, 0.2) is 53.4 Å². The van der Waals surface area contributed by atoms with Crippen molar-refractivity contribution >= 4 is 40.6 Å². The zero-order valence-electron chi connectivity index (χ0n) is 13.9. The van der Waals surface area contributed by atoms with Crippen molar-refractivity contribution in [2.75, 3.05) is 11.9 Å². The molecular formula is C19H16N2O4S. The lowest BCUT2D eigenvalue weighted by Crippen LogP contribution is -2.36. The number of hydrogen-bond acceptors (Lipinski definition) is 5. The lowest BCUT2D eigenvalue weighted by Gasteiger charge is -2.12. The number of aromatic hydroxyl groups is 1. The molecule has 26 heavy (non-hydrogen) atoms. The molecular weight excluding hydrogens is 352 g/mol. The summed E-state index contributed by atoms with van der Waals surface area (Å²) in [6.45, 7) is 1.55. The Morgan fingerprint density at radius 1 is 1.15 bits per heavy atom. The Labute approximate surface area is 154 Å². The van der Waals surface area contributed by atoms with E-state index in [1.165, 1.54) is 24.3 Å². The molecule has 0 spiro atoms. The Morgan fingerprint density at radius 2 is 1.85 bits per heavy atom. The van der Waals surface area contributed by atoms with Gasteiger partial charge in [0.05, 0.1) is 4.91 Å². The van der Waals surface area contributed by atoms with Crippen LogP contribution in [0.1, 0.15) is 11.1 Å². The molecule has 7 heteroatoms. The van der Waals surface area contributed by atoms with Crippen LogP contribution >= 0.6 is 11.8 Å². The number of phenols is 1. The Hall–Kier alpha value is -3.06. The topological polar surface area (TPSA) is 86.7 Å². The van der Waals surface area contributed by atoms with Crippen molar-refractivity contribution in [2.24, 2.45) is 0 Å². The number of hydrogen-bond donors (Lipinski definition) is 2. The minimum atomic E-state index is -0.491. The molecule has 1 aliphatic rings. The minimum Gasteiger partial charge on any atom is -0.508 e. The highest BCUT2D eigenvalue weighted by molar-refractivity contribution is 8.18. The SMILES string of the molecule is Cc1ccccc1/C=C1\SC(=O)N(CC(=O)Nc2ccc(O)cc2)C1=O. The molecule has 6 nitrogen and oxygen atoms in total. The maximum absolute atomic E-state index is 12.5. The lowest BCUT2D eigenvalue weighted by atomic mass is 10.1. The molecule has 0 atom stereocenters. The molecule has 3 amide bonds. The zero-order valence-corrected chi connectivity index (χ0v) is 14.7. The molecule has 2 aromatic rings. The number of thioether (sulfide) groups is 1. The van der Waals surface area contributed by atoms with Crippen molar-refractivity contribution in [3.8, 4) is 5.75 Å². The first-order valence-corrected chi connectivity index (χ1v) is 8.65. The summed E-state index contributed by atoms with van der Waals surface area (Å²) < 4.78 is 0. The van der Waals surface area contributed by atoms with Crippen LogP contribution in [0.25, 0.3) is 6.08 Å². The molecule has 132 valence electrons. The molecule has 0 aliphatic carbocycles. The number of nitrogens with one attached hydrogen (secondary N) is 1. The molecule has 0 unspecified atom stereocenters. The van der Waals surface area contributed by atoms with Crippen molar-refractivity contribution in [3.63, 3.8) is 0 Å². The van der Waals surface area contributed by atoms with E-state index in [1.54, 1.807) is 6.08 Å². The van der Waals surface area contributed by atoms with E-state index in [2.05, 4.69) is 5.32 Å². The maximum atomic E-state index is 12.5. The smallest absolute Gasteiger partial charge is 0.294 e. The van der Waals surface area contributed by atoms with Crippen LogP contribution in [0.4, 0.5) is 10.5 Å². The minimum absolute atomic E-state index is 0.0790. The van der Waals surface area contributed by atoms with Gasteiger partial charge in [-0.25, -0.2) is 0 Å². The number of nitrogens with zero attached hydrogens (tertiary/aromatic N) is 1. The summed E-state index contributed by atoms with van der Waals surface area (Å²) in [6.07, 6.45) is 1.66. The largest absolute Gasteiger partial charge is 0.508 e. The first-order chi connectivity index (χ1) is 12.4. The molecule has 1 heterocycles. The summed E-state index contributed by atoms with van der Waals surface area (Å²) in [4.78, 5) is 37.9. The second kappa shape index (κ2) is 7.45. The van der Waals surface area contributed by atoms with Gasteiger partial charge in [-0.1, -0.05) is 24.3 Å². The first kappa shape index (κ1) is 17.8. The van der Waals surface area contributed by atoms with Crippen molar-refractivity contribution in [3.05, 3.63) is 64.6 Å². The highest BCUT2D eigenvalue weighted by Gasteiger charge is 2.36. The third-order valence-electron chi connectivity index (χ3n) is 3.80. The molecule has 0 bridgehead atoms. The summed E-state index contributed by atoms with van der Waals surface area (Å²) in [7, 11) is 0. The summed E-state index contributed by atoms with van der Waals surface area (Å²) in [5.41, 5.74) is 2.31. The monoisotopic (exact) mass is 368 g/mol. The van der Waals surface area contributed by atoms with Crippen LogP contribution in [0, 0.1) is 6.92 Å². The van der Waals surface area contributed by atoms with Crippen LogP contribution in [0.5, 0.6) is 5.75 Å². The summed E-state index contributed by atoms with van der Waals surface area (Å²) in [6, 6.07) is 13.4. The number of amides is 3. The van der Waals surface area contributed by atoms with Gasteiger partial charge >= 0.3 is 0 Å². The van der Waals surface area contributed by atoms with Crippen LogP contribution in [0.2, 0.25) is 0 Å². The predicted molar refractivity (Wildman–Crippen MR) is 101 cm³/mol. The molecule has 0 saturated carbocycles. The molecule has 2 N–H and O–H groups in total. The average Bonchev–Trinajstić information content (AvgIpc) is 2.86. The van der Waals surface area contributed by atoms with Gasteiger partial charge in [-0.05, 0) is 60.2 Å². The Balaban J connectivity index is 1.70. The predicted octanol–water partition coefficient (Wildman–Crippen LogP) is 3.38. The van der Waals surface area contributed by atoms with Crippen LogP contribution in [0.3, 0.4) is 0 Å². The zero-order chi connectivity index (χ0) is 18.7. The first-order valence-electron chi connectivity index (χ1n) is 7.84. The standard InChI is InChI=1S/C19H16N2O4S/c1-12-4-2-3-5-13(12)10-16-18(24)21(19(25)26-16)11-17(23)20-14-6-8-15(22)9-7-14/h2-10,22H,11H2,1H3,(H,20,23)/b16-10-. The fourth-order valence-corrected chi connectivity index (χ4v) is 3.24. The van der Waals surface area contributed by atoms with Gasteiger partial charge in [0, 0.05) is 5.69 Å². The average molecular weight is 368 g/mol. The van der Waals surface area contributed by atoms with Crippen molar-refractivity contribution in [2.45, 2.75) is 6.92 Å². The Bertz CT molecular complexity index is 906. The van der Waals surface area contributed by atoms with E-state index in [-0.39, 0.29) is 12.3 Å². The Kier molecular flexibility index (Phi) is 5.09. The number of carbonyl (C=O) groups excluding carboxylic acids is 3. The number of phenolic OH excluding ortho intramolecular Hbond substituents is 1. The van der Waals surface area contributed by atoms with Gasteiger partial charge in [0.2, 0.25) is 5.91 Å². The maximum Gasteiger partial charge on any atom is 0.294 e. The number of imide groups is 1. The van der Waals surface area contributed by atoms with Crippen LogP contribution in [-0.2, 0) is 9.59 Å². The van der Waals surface area contributed by atoms with E-state index < -0.39 is 17.1 Å². The van der Waals surface area contributed by atoms with E-state index >= 15 is 0 Å². The van der Waals surface area contributed by atoms with Gasteiger partial charge < -0.3 is 10.4 Å². The Morgan fingerprint density at radius 3 is 2.54 bits per heavy atom. The third kappa shape index (κ3) is 3.94. The van der Waals surface area contributed by atoms with Gasteiger partial charge in [0.1, 0.15) is 12.3 Å². The van der Waals surface area contributed by atoms with Crippen molar-refractivity contribution in [1.29, 1.82) is 0 Å². The van der Waals surface area contributed by atoms with Crippen LogP contribution in [-0.4, -0.2) is 33.6 Å². The highest BCUT2D eigenvalue weighted by Crippen LogP contribution is 2.32. The fourth-order valence-electron chi connectivity index (χ4n) is 2.42. The molecule has 1 aliphatic heterocycles. The molecule has 3 rings (SSSR count). The van der Waals surface area contributed by atoms with Gasteiger partial charge in [-0.3, -0.25) is 19.3 Å². The van der Waals surface area contributed by atoms with Crippen molar-refractivity contribution in [1.82, 2.24) is 4.90 Å². The van der Waals surface area contributed by atoms with E-state index in [1.807, 2.05) is 31.2 Å². The van der Waals surface area contributed by atoms with Crippen molar-refractivity contribution < 1.29 is 19.5 Å². The van der Waals surface area contributed by atoms with E-state index in [0.717, 1.165) is 27.8 Å². The molecule has 0 radical (unpaired) electrons. The molecule has 1 saturated heterocycles. The van der Waals surface area contributed by atoms with E-state index in [4.69, 9.17) is 0 Å². The number of aryl methyl sites for hydroxylation is 1. The summed E-state index contributed by atoms with van der Waals surface area (Å²) >= 11 is 0.821. The highest BCUT2D eigenvalue weighted by atomic mass is 32.2. The van der Waals surface area contributed by atoms with Gasteiger partial charge in [0.25, 0.3) is 11.1 Å². The second-order valence-electron chi connectivity index (χ2n) is 5.72. The van der Waals surface area contributed by atoms with E-state index in [9.17, 15) is 19.5 Å². The van der Waals surface area contributed by atoms with Gasteiger partial charge in [0.15, 0.2) is 0 Å². The molecule has 1 fully saturated rings. The number of benzene rings is 2. The van der Waals surface area contributed by atoms with E-state index in [0.29, 0.717) is 10.6 Å². The number of anilines is 1. The summed E-state index contributed by atoms with van der Waals surface area (Å²) in [5.74, 6) is -0.894. The second-order valence-corrected chi connectivity index (χ2v) is 6.71. The normalized spacial score (nSPS) is 15.6. The fraction of sp³-hybridized carbons (Fsp3) is 0.105. The van der Waals surface area contributed by atoms with Gasteiger partial charge in [-0.2, -0.15) is 0 Å². The third-order valence-corrected chi connectivity index (χ3v) is 4.71. The molecule has 0 aromatic heterocycles. The molecule has 2 aromatic carbocycles. The quantitative estimate of drug-likeness (QED) is 0.638. The van der Waals surface area contributed by atoms with Gasteiger partial charge in [-0.15, -0.1) is 0 Å². The van der Waals surface area contributed by atoms with Crippen LogP contribution < -0.4 is 5.32 Å². The summed E-state index contributed by atoms with van der Waals surface area (Å²) in [5, 5.41) is 11.4.